The van der Waals surface area contributed by atoms with Gasteiger partial charge in [0.2, 0.25) is 0 Å². The number of hydrogen-bond acceptors (Lipinski definition) is 5. The number of hydrogen-bond donors (Lipinski definition) is 1. The summed E-state index contributed by atoms with van der Waals surface area (Å²) in [6.07, 6.45) is 2.20. The van der Waals surface area contributed by atoms with Crippen LogP contribution in [0.3, 0.4) is 0 Å². The molecule has 1 fully saturated rings. The molecule has 1 saturated carbocycles. The second kappa shape index (κ2) is 5.28. The summed E-state index contributed by atoms with van der Waals surface area (Å²) in [5, 5.41) is 20.7. The molecule has 7 heteroatoms. The molecule has 1 aromatic carbocycles. The summed E-state index contributed by atoms with van der Waals surface area (Å²) in [5.74, 6) is -0.200. The standard InChI is InChI=1S/C13H15N5O2/c19-12(20)8-9-17(10-6-7-10)13-14-15-16-18(13)11-4-2-1-3-5-11/h1-5,10H,6-9H2,(H,19,20). The van der Waals surface area contributed by atoms with Crippen molar-refractivity contribution in [2.45, 2.75) is 25.3 Å². The number of carboxylic acids is 1. The molecular weight excluding hydrogens is 258 g/mol. The summed E-state index contributed by atoms with van der Waals surface area (Å²) in [7, 11) is 0. The Hall–Kier alpha value is -2.44. The van der Waals surface area contributed by atoms with Gasteiger partial charge in [0.15, 0.2) is 0 Å². The number of nitrogens with zero attached hydrogens (tertiary/aromatic N) is 5. The van der Waals surface area contributed by atoms with Crippen molar-refractivity contribution in [2.75, 3.05) is 11.4 Å². The molecule has 1 aromatic heterocycles. The number of rotatable bonds is 6. The van der Waals surface area contributed by atoms with Crippen LogP contribution in [0.2, 0.25) is 0 Å². The van der Waals surface area contributed by atoms with E-state index in [1.54, 1.807) is 4.68 Å². The molecule has 0 radical (unpaired) electrons. The summed E-state index contributed by atoms with van der Waals surface area (Å²) in [6, 6.07) is 9.95. The highest BCUT2D eigenvalue weighted by Crippen LogP contribution is 2.31. The van der Waals surface area contributed by atoms with Gasteiger partial charge in [-0.15, -0.1) is 0 Å². The van der Waals surface area contributed by atoms with Crippen molar-refractivity contribution in [3.63, 3.8) is 0 Å². The Morgan fingerprint density at radius 3 is 2.75 bits per heavy atom. The summed E-state index contributed by atoms with van der Waals surface area (Å²) in [6.45, 7) is 0.424. The molecule has 0 bridgehead atoms. The van der Waals surface area contributed by atoms with Crippen LogP contribution in [0.1, 0.15) is 19.3 Å². The Morgan fingerprint density at radius 1 is 1.35 bits per heavy atom. The first-order chi connectivity index (χ1) is 9.75. The third-order valence-corrected chi connectivity index (χ3v) is 3.26. The molecule has 0 atom stereocenters. The van der Waals surface area contributed by atoms with Gasteiger partial charge in [0, 0.05) is 12.6 Å². The average molecular weight is 273 g/mol. The predicted octanol–water partition coefficient (Wildman–Crippen LogP) is 1.11. The van der Waals surface area contributed by atoms with E-state index in [-0.39, 0.29) is 6.42 Å². The smallest absolute Gasteiger partial charge is 0.305 e. The molecule has 20 heavy (non-hydrogen) atoms. The number of anilines is 1. The third-order valence-electron chi connectivity index (χ3n) is 3.26. The van der Waals surface area contributed by atoms with E-state index in [0.717, 1.165) is 18.5 Å². The van der Waals surface area contributed by atoms with Crippen LogP contribution in [0, 0.1) is 0 Å². The van der Waals surface area contributed by atoms with Gasteiger partial charge in [-0.05, 0) is 35.4 Å². The quantitative estimate of drug-likeness (QED) is 0.848. The second-order valence-electron chi connectivity index (χ2n) is 4.79. The van der Waals surface area contributed by atoms with Gasteiger partial charge < -0.3 is 10.0 Å². The van der Waals surface area contributed by atoms with Gasteiger partial charge in [-0.1, -0.05) is 23.3 Å². The molecule has 2 aromatic rings. The van der Waals surface area contributed by atoms with Crippen LogP contribution in [-0.2, 0) is 4.79 Å². The molecule has 1 aliphatic carbocycles. The van der Waals surface area contributed by atoms with E-state index in [9.17, 15) is 4.79 Å². The fraction of sp³-hybridized carbons (Fsp3) is 0.385. The Labute approximate surface area is 115 Å². The van der Waals surface area contributed by atoms with Gasteiger partial charge in [-0.25, -0.2) is 0 Å². The molecule has 0 unspecified atom stereocenters. The minimum Gasteiger partial charge on any atom is -0.481 e. The fourth-order valence-corrected chi connectivity index (χ4v) is 2.15. The minimum atomic E-state index is -0.811. The van der Waals surface area contributed by atoms with E-state index in [4.69, 9.17) is 5.11 Å². The van der Waals surface area contributed by atoms with Gasteiger partial charge in [0.05, 0.1) is 12.1 Å². The molecule has 0 amide bonds. The Bertz CT molecular complexity index is 594. The predicted molar refractivity (Wildman–Crippen MR) is 71.8 cm³/mol. The van der Waals surface area contributed by atoms with Crippen molar-refractivity contribution in [1.82, 2.24) is 20.2 Å². The summed E-state index contributed by atoms with van der Waals surface area (Å²) in [5.41, 5.74) is 0.869. The third kappa shape index (κ3) is 2.61. The lowest BCUT2D eigenvalue weighted by molar-refractivity contribution is -0.136. The van der Waals surface area contributed by atoms with Crippen molar-refractivity contribution in [3.8, 4) is 5.69 Å². The number of benzene rings is 1. The van der Waals surface area contributed by atoms with Crippen molar-refractivity contribution in [1.29, 1.82) is 0 Å². The number of tetrazole rings is 1. The molecule has 3 rings (SSSR count). The highest BCUT2D eigenvalue weighted by Gasteiger charge is 2.32. The maximum Gasteiger partial charge on any atom is 0.305 e. The lowest BCUT2D eigenvalue weighted by Crippen LogP contribution is -2.31. The molecule has 104 valence electrons. The largest absolute Gasteiger partial charge is 0.481 e. The van der Waals surface area contributed by atoms with Crippen molar-refractivity contribution in [3.05, 3.63) is 30.3 Å². The van der Waals surface area contributed by atoms with Crippen molar-refractivity contribution in [2.24, 2.45) is 0 Å². The molecule has 0 aliphatic heterocycles. The van der Waals surface area contributed by atoms with E-state index in [1.165, 1.54) is 0 Å². The van der Waals surface area contributed by atoms with E-state index in [2.05, 4.69) is 15.5 Å². The molecule has 1 N–H and O–H groups in total. The summed E-state index contributed by atoms with van der Waals surface area (Å²) >= 11 is 0. The van der Waals surface area contributed by atoms with E-state index >= 15 is 0 Å². The number of aromatic nitrogens is 4. The maximum atomic E-state index is 10.8. The van der Waals surface area contributed by atoms with Crippen molar-refractivity contribution < 1.29 is 9.90 Å². The molecular formula is C13H15N5O2. The van der Waals surface area contributed by atoms with Crippen LogP contribution < -0.4 is 4.90 Å². The number of carboxylic acid groups (broad SMARTS) is 1. The topological polar surface area (TPSA) is 84.1 Å². The van der Waals surface area contributed by atoms with Crippen LogP contribution in [0.4, 0.5) is 5.95 Å². The van der Waals surface area contributed by atoms with Gasteiger partial charge in [-0.2, -0.15) is 4.68 Å². The van der Waals surface area contributed by atoms with Gasteiger partial charge in [-0.3, -0.25) is 4.79 Å². The molecule has 1 aliphatic rings. The Morgan fingerprint density at radius 2 is 2.10 bits per heavy atom. The zero-order valence-corrected chi connectivity index (χ0v) is 10.9. The molecule has 0 saturated heterocycles. The normalized spacial score (nSPS) is 14.2. The van der Waals surface area contributed by atoms with Gasteiger partial charge in [0.1, 0.15) is 0 Å². The van der Waals surface area contributed by atoms with Crippen LogP contribution in [0.5, 0.6) is 0 Å². The first kappa shape index (κ1) is 12.6. The van der Waals surface area contributed by atoms with Crippen LogP contribution >= 0.6 is 0 Å². The van der Waals surface area contributed by atoms with Crippen LogP contribution in [0.25, 0.3) is 5.69 Å². The lowest BCUT2D eigenvalue weighted by atomic mass is 10.3. The van der Waals surface area contributed by atoms with E-state index in [0.29, 0.717) is 18.5 Å². The number of carbonyl (C=O) groups is 1. The highest BCUT2D eigenvalue weighted by molar-refractivity contribution is 5.67. The van der Waals surface area contributed by atoms with E-state index in [1.807, 2.05) is 35.2 Å². The average Bonchev–Trinajstić information content (AvgIpc) is 3.17. The zero-order valence-electron chi connectivity index (χ0n) is 10.9. The number of aliphatic carboxylic acids is 1. The Kier molecular flexibility index (Phi) is 3.32. The monoisotopic (exact) mass is 273 g/mol. The lowest BCUT2D eigenvalue weighted by Gasteiger charge is -2.21. The highest BCUT2D eigenvalue weighted by atomic mass is 16.4. The van der Waals surface area contributed by atoms with E-state index < -0.39 is 5.97 Å². The SMILES string of the molecule is O=C(O)CCN(c1nnnn1-c1ccccc1)C1CC1. The second-order valence-corrected chi connectivity index (χ2v) is 4.79. The summed E-state index contributed by atoms with van der Waals surface area (Å²) < 4.78 is 1.65. The molecule has 0 spiro atoms. The maximum absolute atomic E-state index is 10.8. The van der Waals surface area contributed by atoms with Crippen molar-refractivity contribution >= 4 is 11.9 Å². The minimum absolute atomic E-state index is 0.0815. The Balaban J connectivity index is 1.88. The molecule has 7 nitrogen and oxygen atoms in total. The number of para-hydroxylation sites is 1. The first-order valence-corrected chi connectivity index (χ1v) is 6.58. The van der Waals surface area contributed by atoms with Gasteiger partial charge in [0.25, 0.3) is 5.95 Å². The van der Waals surface area contributed by atoms with Crippen LogP contribution in [0.15, 0.2) is 30.3 Å². The van der Waals surface area contributed by atoms with Crippen LogP contribution in [-0.4, -0.2) is 43.9 Å². The molecule has 1 heterocycles. The fourth-order valence-electron chi connectivity index (χ4n) is 2.15. The zero-order chi connectivity index (χ0) is 13.9. The first-order valence-electron chi connectivity index (χ1n) is 6.58. The summed E-state index contributed by atoms with van der Waals surface area (Å²) in [4.78, 5) is 12.8. The van der Waals surface area contributed by atoms with Gasteiger partial charge >= 0.3 is 5.97 Å².